The van der Waals surface area contributed by atoms with Crippen LogP contribution in [0.4, 0.5) is 11.4 Å². The van der Waals surface area contributed by atoms with Crippen molar-refractivity contribution in [3.05, 3.63) is 52.6 Å². The smallest absolute Gasteiger partial charge is 0.248 e. The third kappa shape index (κ3) is 6.90. The first-order valence-electron chi connectivity index (χ1n) is 9.80. The second kappa shape index (κ2) is 11.1. The molecule has 0 aliphatic carbocycles. The number of nitrogens with one attached hydrogen (secondary N) is 2. The lowest BCUT2D eigenvalue weighted by Gasteiger charge is -2.13. The standard InChI is InChI=1S/C22H27ClN2O5S/c1-5-12-31(27,28)25-19-9-7-8-18(15(19)3)24-21(26)11-10-16-13-17(23)22(30-6-2)20(14-16)29-4/h7-11,13-14,25H,5-6,12H2,1-4H3,(H,24,26)/b11-10+. The van der Waals surface area contributed by atoms with Gasteiger partial charge < -0.3 is 14.8 Å². The molecule has 31 heavy (non-hydrogen) atoms. The van der Waals surface area contributed by atoms with Crippen LogP contribution in [0.2, 0.25) is 5.02 Å². The molecule has 0 spiro atoms. The van der Waals surface area contributed by atoms with Gasteiger partial charge in [0.1, 0.15) is 0 Å². The van der Waals surface area contributed by atoms with Crippen LogP contribution in [0, 0.1) is 6.92 Å². The van der Waals surface area contributed by atoms with Gasteiger partial charge in [-0.25, -0.2) is 8.42 Å². The third-order valence-corrected chi connectivity index (χ3v) is 6.05. The molecule has 0 radical (unpaired) electrons. The van der Waals surface area contributed by atoms with Crippen LogP contribution in [0.25, 0.3) is 6.08 Å². The van der Waals surface area contributed by atoms with Gasteiger partial charge in [0.2, 0.25) is 15.9 Å². The van der Waals surface area contributed by atoms with E-state index in [1.165, 1.54) is 13.2 Å². The minimum Gasteiger partial charge on any atom is -0.493 e. The maximum atomic E-state index is 12.4. The number of hydrogen-bond donors (Lipinski definition) is 2. The quantitative estimate of drug-likeness (QED) is 0.488. The molecule has 2 rings (SSSR count). The average molecular weight is 467 g/mol. The fourth-order valence-electron chi connectivity index (χ4n) is 2.84. The summed E-state index contributed by atoms with van der Waals surface area (Å²) in [5.74, 6) is 0.573. The minimum atomic E-state index is -3.43. The summed E-state index contributed by atoms with van der Waals surface area (Å²) in [5.41, 5.74) is 2.22. The van der Waals surface area contributed by atoms with E-state index in [1.807, 2.05) is 6.92 Å². The molecule has 168 valence electrons. The third-order valence-electron chi connectivity index (χ3n) is 4.30. The molecule has 0 aliphatic heterocycles. The first kappa shape index (κ1) is 24.6. The molecule has 0 aliphatic rings. The Labute approximate surface area is 188 Å². The van der Waals surface area contributed by atoms with Crippen molar-refractivity contribution >= 4 is 45.0 Å². The first-order valence-corrected chi connectivity index (χ1v) is 11.8. The van der Waals surface area contributed by atoms with Gasteiger partial charge in [-0.2, -0.15) is 0 Å². The van der Waals surface area contributed by atoms with E-state index < -0.39 is 10.0 Å². The summed E-state index contributed by atoms with van der Waals surface area (Å²) in [4.78, 5) is 12.4. The van der Waals surface area contributed by atoms with Gasteiger partial charge >= 0.3 is 0 Å². The summed E-state index contributed by atoms with van der Waals surface area (Å²) >= 11 is 6.26. The number of halogens is 1. The maximum absolute atomic E-state index is 12.4. The van der Waals surface area contributed by atoms with E-state index >= 15 is 0 Å². The predicted octanol–water partition coefficient (Wildman–Crippen LogP) is 4.86. The molecule has 2 aromatic rings. The number of sulfonamides is 1. The number of rotatable bonds is 10. The first-order chi connectivity index (χ1) is 14.7. The summed E-state index contributed by atoms with van der Waals surface area (Å²) in [6.45, 7) is 5.82. The van der Waals surface area contributed by atoms with Gasteiger partial charge in [0.25, 0.3) is 0 Å². The van der Waals surface area contributed by atoms with E-state index in [1.54, 1.807) is 50.3 Å². The zero-order chi connectivity index (χ0) is 23.0. The Morgan fingerprint density at radius 3 is 2.55 bits per heavy atom. The summed E-state index contributed by atoms with van der Waals surface area (Å²) < 4.78 is 37.4. The van der Waals surface area contributed by atoms with Crippen LogP contribution in [-0.2, 0) is 14.8 Å². The van der Waals surface area contributed by atoms with Gasteiger partial charge in [0.15, 0.2) is 11.5 Å². The number of hydrogen-bond acceptors (Lipinski definition) is 5. The molecule has 0 saturated carbocycles. The summed E-state index contributed by atoms with van der Waals surface area (Å²) in [7, 11) is -1.92. The largest absolute Gasteiger partial charge is 0.493 e. The van der Waals surface area contributed by atoms with E-state index in [0.29, 0.717) is 52.1 Å². The van der Waals surface area contributed by atoms with Crippen LogP contribution in [-0.4, -0.2) is 33.8 Å². The zero-order valence-corrected chi connectivity index (χ0v) is 19.6. The van der Waals surface area contributed by atoms with Crippen molar-refractivity contribution < 1.29 is 22.7 Å². The Hall–Kier alpha value is -2.71. The lowest BCUT2D eigenvalue weighted by atomic mass is 10.1. The Kier molecular flexibility index (Phi) is 8.76. The van der Waals surface area contributed by atoms with Crippen molar-refractivity contribution in [1.82, 2.24) is 0 Å². The van der Waals surface area contributed by atoms with Gasteiger partial charge in [-0.05, 0) is 61.7 Å². The SMILES string of the molecule is CCCS(=O)(=O)Nc1cccc(NC(=O)/C=C/c2cc(Cl)c(OCC)c(OC)c2)c1C. The number of carbonyl (C=O) groups is 1. The average Bonchev–Trinajstić information content (AvgIpc) is 2.71. The molecular weight excluding hydrogens is 440 g/mol. The molecule has 1 amide bonds. The second-order valence-corrected chi connectivity index (χ2v) is 8.94. The molecule has 2 aromatic carbocycles. The van der Waals surface area contributed by atoms with Gasteiger partial charge in [0.05, 0.1) is 30.2 Å². The molecule has 0 saturated heterocycles. The van der Waals surface area contributed by atoms with Crippen LogP contribution >= 0.6 is 11.6 Å². The van der Waals surface area contributed by atoms with E-state index in [0.717, 1.165) is 0 Å². The number of ether oxygens (including phenoxy) is 2. The summed E-state index contributed by atoms with van der Waals surface area (Å²) in [6.07, 6.45) is 3.47. The van der Waals surface area contributed by atoms with Gasteiger partial charge in [-0.15, -0.1) is 0 Å². The van der Waals surface area contributed by atoms with Gasteiger partial charge in [0, 0.05) is 11.8 Å². The van der Waals surface area contributed by atoms with Crippen LogP contribution in [0.15, 0.2) is 36.4 Å². The topological polar surface area (TPSA) is 93.7 Å². The Bertz CT molecular complexity index is 1070. The molecule has 0 fully saturated rings. The van der Waals surface area contributed by atoms with Crippen molar-refractivity contribution in [2.45, 2.75) is 27.2 Å². The van der Waals surface area contributed by atoms with Crippen molar-refractivity contribution in [3.8, 4) is 11.5 Å². The second-order valence-electron chi connectivity index (χ2n) is 6.69. The van der Waals surface area contributed by atoms with Gasteiger partial charge in [-0.1, -0.05) is 24.6 Å². The van der Waals surface area contributed by atoms with Crippen molar-refractivity contribution in [1.29, 1.82) is 0 Å². The molecule has 0 unspecified atom stereocenters. The fraction of sp³-hybridized carbons (Fsp3) is 0.318. The van der Waals surface area contributed by atoms with E-state index in [2.05, 4.69) is 10.0 Å². The van der Waals surface area contributed by atoms with Crippen molar-refractivity contribution in [3.63, 3.8) is 0 Å². The van der Waals surface area contributed by atoms with Crippen molar-refractivity contribution in [2.75, 3.05) is 29.5 Å². The lowest BCUT2D eigenvalue weighted by molar-refractivity contribution is -0.111. The molecule has 0 bridgehead atoms. The normalized spacial score (nSPS) is 11.4. The monoisotopic (exact) mass is 466 g/mol. The number of anilines is 2. The highest BCUT2D eigenvalue weighted by Crippen LogP contribution is 2.36. The Morgan fingerprint density at radius 1 is 1.19 bits per heavy atom. The molecule has 0 heterocycles. The van der Waals surface area contributed by atoms with E-state index in [-0.39, 0.29) is 11.7 Å². The maximum Gasteiger partial charge on any atom is 0.248 e. The predicted molar refractivity (Wildman–Crippen MR) is 126 cm³/mol. The molecular formula is C22H27ClN2O5S. The fourth-order valence-corrected chi connectivity index (χ4v) is 4.31. The van der Waals surface area contributed by atoms with Crippen LogP contribution in [0.1, 0.15) is 31.4 Å². The number of benzene rings is 2. The zero-order valence-electron chi connectivity index (χ0n) is 18.0. The van der Waals surface area contributed by atoms with Gasteiger partial charge in [-0.3, -0.25) is 9.52 Å². The minimum absolute atomic E-state index is 0.0277. The highest BCUT2D eigenvalue weighted by atomic mass is 35.5. The Morgan fingerprint density at radius 2 is 1.90 bits per heavy atom. The van der Waals surface area contributed by atoms with E-state index in [4.69, 9.17) is 21.1 Å². The molecule has 2 N–H and O–H groups in total. The molecule has 7 nitrogen and oxygen atoms in total. The summed E-state index contributed by atoms with van der Waals surface area (Å²) in [6, 6.07) is 8.42. The molecule has 0 atom stereocenters. The number of methoxy groups -OCH3 is 1. The van der Waals surface area contributed by atoms with Crippen LogP contribution in [0.5, 0.6) is 11.5 Å². The molecule has 9 heteroatoms. The van der Waals surface area contributed by atoms with Crippen molar-refractivity contribution in [2.24, 2.45) is 0 Å². The van der Waals surface area contributed by atoms with E-state index in [9.17, 15) is 13.2 Å². The Balaban J connectivity index is 2.17. The molecule has 0 aromatic heterocycles. The van der Waals surface area contributed by atoms with Crippen LogP contribution in [0.3, 0.4) is 0 Å². The number of carbonyl (C=O) groups excluding carboxylic acids is 1. The highest BCUT2D eigenvalue weighted by molar-refractivity contribution is 7.92. The van der Waals surface area contributed by atoms with Crippen LogP contribution < -0.4 is 19.5 Å². The summed E-state index contributed by atoms with van der Waals surface area (Å²) in [5, 5.41) is 3.14. The lowest BCUT2D eigenvalue weighted by Crippen LogP contribution is -2.17. The number of amides is 1. The highest BCUT2D eigenvalue weighted by Gasteiger charge is 2.13.